The molecule has 3 rings (SSSR count). The van der Waals surface area contributed by atoms with Gasteiger partial charge in [0.1, 0.15) is 12.4 Å². The molecule has 214 valence electrons. The Morgan fingerprint density at radius 3 is 2.18 bits per heavy atom. The molecule has 1 amide bonds. The number of carbonyl (C=O) groups excluding carboxylic acids is 2. The van der Waals surface area contributed by atoms with E-state index in [0.29, 0.717) is 22.5 Å². The second-order valence-electron chi connectivity index (χ2n) is 8.55. The van der Waals surface area contributed by atoms with Crippen LogP contribution < -0.4 is 9.62 Å². The summed E-state index contributed by atoms with van der Waals surface area (Å²) in [7, 11) is -3.57. The summed E-state index contributed by atoms with van der Waals surface area (Å²) in [6.07, 6.45) is -13.4. The van der Waals surface area contributed by atoms with E-state index in [1.54, 1.807) is 0 Å². The molecule has 1 unspecified atom stereocenters. The number of ether oxygens (including phenoxy) is 1. The van der Waals surface area contributed by atoms with Crippen LogP contribution in [0, 0.1) is 5.82 Å². The third-order valence-corrected chi connectivity index (χ3v) is 7.96. The van der Waals surface area contributed by atoms with Gasteiger partial charge in [0, 0.05) is 12.0 Å². The van der Waals surface area contributed by atoms with Crippen molar-refractivity contribution in [3.05, 3.63) is 59.4 Å². The Morgan fingerprint density at radius 1 is 1.05 bits per heavy atom. The number of aryl methyl sites for hydroxylation is 1. The zero-order valence-electron chi connectivity index (χ0n) is 19.9. The first-order valence-corrected chi connectivity index (χ1v) is 12.5. The summed E-state index contributed by atoms with van der Waals surface area (Å²) in [5.41, 5.74) is -7.43. The molecule has 16 heteroatoms. The third-order valence-electron chi connectivity index (χ3n) is 6.08. The summed E-state index contributed by atoms with van der Waals surface area (Å²) in [5, 5.41) is 12.0. The number of rotatable bonds is 7. The molecule has 0 radical (unpaired) electrons. The maximum absolute atomic E-state index is 13.6. The summed E-state index contributed by atoms with van der Waals surface area (Å²) in [4.78, 5) is 23.3. The highest BCUT2D eigenvalue weighted by molar-refractivity contribution is 7.92. The zero-order valence-corrected chi connectivity index (χ0v) is 20.8. The number of esters is 1. The molecule has 1 aliphatic heterocycles. The number of benzene rings is 2. The first kappa shape index (κ1) is 30.1. The number of fused-ring (bicyclic) bond motifs is 1. The lowest BCUT2D eigenvalue weighted by Crippen LogP contribution is -2.54. The molecule has 0 saturated heterocycles. The summed E-state index contributed by atoms with van der Waals surface area (Å²) >= 11 is 0. The molecule has 0 bridgehead atoms. The number of anilines is 1. The van der Waals surface area contributed by atoms with Gasteiger partial charge in [-0.2, -0.15) is 26.3 Å². The fourth-order valence-electron chi connectivity index (χ4n) is 4.11. The van der Waals surface area contributed by atoms with E-state index >= 15 is 0 Å². The van der Waals surface area contributed by atoms with E-state index < -0.39 is 75.1 Å². The number of nitrogens with zero attached hydrogens (tertiary/aromatic N) is 1. The fraction of sp³-hybridized carbons (Fsp3) is 0.391. The van der Waals surface area contributed by atoms with Gasteiger partial charge in [-0.1, -0.05) is 12.1 Å². The van der Waals surface area contributed by atoms with Gasteiger partial charge in [-0.25, -0.2) is 12.8 Å². The Balaban J connectivity index is 2.11. The minimum atomic E-state index is -6.16. The predicted octanol–water partition coefficient (Wildman–Crippen LogP) is 3.33. The van der Waals surface area contributed by atoms with Gasteiger partial charge < -0.3 is 15.2 Å². The van der Waals surface area contributed by atoms with Gasteiger partial charge in [-0.05, 0) is 48.7 Å². The number of hydrogen-bond donors (Lipinski definition) is 2. The lowest BCUT2D eigenvalue weighted by molar-refractivity contribution is -0.376. The lowest BCUT2D eigenvalue weighted by Gasteiger charge is -2.39. The Hall–Kier alpha value is -3.40. The Labute approximate surface area is 217 Å². The average Bonchev–Trinajstić information content (AvgIpc) is 2.85. The highest BCUT2D eigenvalue weighted by Gasteiger charge is 2.71. The van der Waals surface area contributed by atoms with Crippen LogP contribution in [0.5, 0.6) is 0 Å². The van der Waals surface area contributed by atoms with E-state index in [2.05, 4.69) is 10.1 Å². The molecule has 1 aliphatic rings. The number of methoxy groups -OCH3 is 1. The van der Waals surface area contributed by atoms with Crippen molar-refractivity contribution in [2.24, 2.45) is 0 Å². The number of sulfonamides is 1. The second kappa shape index (κ2) is 10.6. The topological polar surface area (TPSA) is 113 Å². The number of nitrogens with one attached hydrogen (secondary N) is 1. The van der Waals surface area contributed by atoms with Crippen molar-refractivity contribution in [2.45, 2.75) is 48.2 Å². The monoisotopic (exact) mass is 586 g/mol. The molecule has 0 aliphatic carbocycles. The molecular formula is C23H21F7N2O6S. The van der Waals surface area contributed by atoms with E-state index in [-0.39, 0.29) is 24.1 Å². The SMILES string of the molecule is COC(=O)CNC(=O)CC1CCc2cc(C(O)(C(F)(F)F)C(F)(F)F)ccc2N1S(=O)(=O)c1ccc(F)cc1. The highest BCUT2D eigenvalue weighted by Crippen LogP contribution is 2.51. The van der Waals surface area contributed by atoms with Crippen LogP contribution >= 0.6 is 0 Å². The lowest BCUT2D eigenvalue weighted by atomic mass is 9.87. The molecule has 1 atom stereocenters. The molecule has 2 N–H and O–H groups in total. The maximum Gasteiger partial charge on any atom is 0.430 e. The van der Waals surface area contributed by atoms with Crippen LogP contribution in [0.25, 0.3) is 0 Å². The van der Waals surface area contributed by atoms with Gasteiger partial charge >= 0.3 is 18.3 Å². The number of carbonyl (C=O) groups is 2. The first-order valence-electron chi connectivity index (χ1n) is 11.1. The molecule has 2 aromatic carbocycles. The molecule has 1 heterocycles. The summed E-state index contributed by atoms with van der Waals surface area (Å²) in [6, 6.07) is 3.63. The van der Waals surface area contributed by atoms with Crippen LogP contribution in [-0.2, 0) is 36.4 Å². The van der Waals surface area contributed by atoms with Crippen molar-refractivity contribution in [1.29, 1.82) is 0 Å². The van der Waals surface area contributed by atoms with E-state index in [1.165, 1.54) is 0 Å². The van der Waals surface area contributed by atoms with Gasteiger partial charge in [0.25, 0.3) is 15.6 Å². The van der Waals surface area contributed by atoms with Crippen LogP contribution in [0.4, 0.5) is 36.4 Å². The normalized spacial score (nSPS) is 16.4. The van der Waals surface area contributed by atoms with Gasteiger partial charge in [0.15, 0.2) is 0 Å². The minimum Gasteiger partial charge on any atom is -0.468 e. The van der Waals surface area contributed by atoms with E-state index in [4.69, 9.17) is 0 Å². The van der Waals surface area contributed by atoms with Crippen molar-refractivity contribution in [3.63, 3.8) is 0 Å². The van der Waals surface area contributed by atoms with Crippen LogP contribution in [0.1, 0.15) is 24.0 Å². The van der Waals surface area contributed by atoms with E-state index in [1.807, 2.05) is 0 Å². The number of hydrogen-bond acceptors (Lipinski definition) is 6. The number of alkyl halides is 6. The van der Waals surface area contributed by atoms with E-state index in [0.717, 1.165) is 31.4 Å². The minimum absolute atomic E-state index is 0.237. The number of amides is 1. The van der Waals surface area contributed by atoms with E-state index in [9.17, 15) is 53.8 Å². The third kappa shape index (κ3) is 5.80. The Bertz CT molecular complexity index is 1330. The molecule has 0 fully saturated rings. The Kier molecular flexibility index (Phi) is 8.22. The van der Waals surface area contributed by atoms with Crippen molar-refractivity contribution in [1.82, 2.24) is 5.32 Å². The number of halogens is 7. The largest absolute Gasteiger partial charge is 0.468 e. The van der Waals surface area contributed by atoms with Gasteiger partial charge in [-0.15, -0.1) is 0 Å². The molecule has 39 heavy (non-hydrogen) atoms. The predicted molar refractivity (Wildman–Crippen MR) is 120 cm³/mol. The summed E-state index contributed by atoms with van der Waals surface area (Å²) < 4.78 is 126. The van der Waals surface area contributed by atoms with Gasteiger partial charge in [0.2, 0.25) is 5.91 Å². The Morgan fingerprint density at radius 2 is 1.64 bits per heavy atom. The smallest absolute Gasteiger partial charge is 0.430 e. The molecule has 2 aromatic rings. The summed E-state index contributed by atoms with van der Waals surface area (Å²) in [6.45, 7) is -0.541. The quantitative estimate of drug-likeness (QED) is 0.380. The molecule has 8 nitrogen and oxygen atoms in total. The van der Waals surface area contributed by atoms with Gasteiger partial charge in [-0.3, -0.25) is 13.9 Å². The standard InChI is InChI=1S/C23H21F7N2O6S/c1-38-20(34)12-31-19(33)11-16-6-2-13-10-14(21(35,22(25,26)27)23(28,29)30)3-9-18(13)32(16)39(36,37)17-7-4-15(24)5-8-17/h3-5,7-10,16,35H,2,6,11-12H2,1H3,(H,31,33). The van der Waals surface area contributed by atoms with Crippen LogP contribution in [0.3, 0.4) is 0 Å². The zero-order chi connectivity index (χ0) is 29.4. The van der Waals surface area contributed by atoms with Gasteiger partial charge in [0.05, 0.1) is 23.7 Å². The number of aliphatic hydroxyl groups is 1. The fourth-order valence-corrected chi connectivity index (χ4v) is 5.83. The molecule has 0 aromatic heterocycles. The second-order valence-corrected chi connectivity index (χ2v) is 10.4. The van der Waals surface area contributed by atoms with Crippen molar-refractivity contribution in [2.75, 3.05) is 18.0 Å². The first-order chi connectivity index (χ1) is 17.9. The summed E-state index contributed by atoms with van der Waals surface area (Å²) in [5.74, 6) is -2.38. The van der Waals surface area contributed by atoms with Crippen molar-refractivity contribution >= 4 is 27.6 Å². The van der Waals surface area contributed by atoms with Crippen LogP contribution in [0.2, 0.25) is 0 Å². The highest BCUT2D eigenvalue weighted by atomic mass is 32.2. The van der Waals surface area contributed by atoms with Crippen molar-refractivity contribution < 1.29 is 58.6 Å². The molecule has 0 saturated carbocycles. The average molecular weight is 586 g/mol. The van der Waals surface area contributed by atoms with Crippen LogP contribution in [0.15, 0.2) is 47.4 Å². The molecule has 0 spiro atoms. The maximum atomic E-state index is 13.6. The van der Waals surface area contributed by atoms with Crippen molar-refractivity contribution in [3.8, 4) is 0 Å². The molecular weight excluding hydrogens is 565 g/mol. The van der Waals surface area contributed by atoms with Crippen LogP contribution in [-0.4, -0.2) is 57.4 Å².